The Labute approximate surface area is 207 Å². The zero-order valence-electron chi connectivity index (χ0n) is 18.8. The van der Waals surface area contributed by atoms with E-state index in [0.717, 1.165) is 42.1 Å². The molecule has 0 aromatic carbocycles. The van der Waals surface area contributed by atoms with E-state index in [0.29, 0.717) is 28.1 Å². The summed E-state index contributed by atoms with van der Waals surface area (Å²) < 4.78 is 33.0. The highest BCUT2D eigenvalue weighted by molar-refractivity contribution is 7.21. The molecule has 182 valence electrons. The number of rotatable bonds is 7. The van der Waals surface area contributed by atoms with E-state index in [2.05, 4.69) is 15.2 Å². The van der Waals surface area contributed by atoms with Gasteiger partial charge in [0.25, 0.3) is 18.2 Å². The first kappa shape index (κ1) is 23.6. The molecule has 1 saturated heterocycles. The number of carbonyl (C=O) groups excluding carboxylic acids is 2. The van der Waals surface area contributed by atoms with Crippen LogP contribution in [-0.2, 0) is 6.54 Å². The van der Waals surface area contributed by atoms with Crippen molar-refractivity contribution in [2.45, 2.75) is 32.7 Å². The summed E-state index contributed by atoms with van der Waals surface area (Å²) in [7, 11) is 0. The van der Waals surface area contributed by atoms with E-state index in [1.165, 1.54) is 17.4 Å². The number of nitrogens with zero attached hydrogens (tertiary/aromatic N) is 2. The van der Waals surface area contributed by atoms with E-state index in [1.54, 1.807) is 12.1 Å². The van der Waals surface area contributed by atoms with Crippen LogP contribution in [0.15, 0.2) is 34.7 Å². The average molecular weight is 517 g/mol. The second-order valence-electron chi connectivity index (χ2n) is 8.36. The number of anilines is 1. The maximum Gasteiger partial charge on any atom is 0.291 e. The van der Waals surface area contributed by atoms with Crippen molar-refractivity contribution in [2.24, 2.45) is 5.73 Å². The lowest BCUT2D eigenvalue weighted by Gasteiger charge is -2.12. The second-order valence-corrected chi connectivity index (χ2v) is 10.6. The quantitative estimate of drug-likeness (QED) is 0.323. The lowest BCUT2D eigenvalue weighted by atomic mass is 10.1. The Hall–Kier alpha value is -3.15. The normalized spacial score (nSPS) is 14.3. The van der Waals surface area contributed by atoms with Crippen molar-refractivity contribution in [1.29, 1.82) is 0 Å². The van der Waals surface area contributed by atoms with Gasteiger partial charge in [-0.15, -0.1) is 22.7 Å². The van der Waals surface area contributed by atoms with E-state index in [9.17, 15) is 18.4 Å². The van der Waals surface area contributed by atoms with E-state index < -0.39 is 23.9 Å². The third-order valence-electron chi connectivity index (χ3n) is 5.84. The Morgan fingerprint density at radius 2 is 1.97 bits per heavy atom. The number of alkyl halides is 2. The van der Waals surface area contributed by atoms with Gasteiger partial charge in [0, 0.05) is 20.7 Å². The van der Waals surface area contributed by atoms with Gasteiger partial charge in [-0.1, -0.05) is 0 Å². The number of hydrogen-bond acceptors (Lipinski definition) is 7. The summed E-state index contributed by atoms with van der Waals surface area (Å²) in [5.74, 6) is -0.601. The molecule has 1 fully saturated rings. The number of primary amides is 1. The third kappa shape index (κ3) is 4.71. The number of halogens is 2. The predicted molar refractivity (Wildman–Crippen MR) is 132 cm³/mol. The van der Waals surface area contributed by atoms with Crippen molar-refractivity contribution in [3.8, 4) is 10.4 Å². The van der Waals surface area contributed by atoms with Crippen molar-refractivity contribution in [3.63, 3.8) is 0 Å². The number of nitrogens with two attached hydrogens (primary N) is 1. The molecule has 7 nitrogen and oxygen atoms in total. The van der Waals surface area contributed by atoms with E-state index >= 15 is 0 Å². The molecule has 5 heterocycles. The first-order valence-corrected chi connectivity index (χ1v) is 12.7. The zero-order valence-corrected chi connectivity index (χ0v) is 20.4. The summed E-state index contributed by atoms with van der Waals surface area (Å²) in [5.41, 5.74) is 5.79. The van der Waals surface area contributed by atoms with Crippen molar-refractivity contribution < 1.29 is 22.8 Å². The summed E-state index contributed by atoms with van der Waals surface area (Å²) in [6, 6.07) is 8.32. The Bertz CT molecular complexity index is 1420. The number of aryl methyl sites for hydroxylation is 1. The van der Waals surface area contributed by atoms with Crippen LogP contribution in [0.5, 0.6) is 0 Å². The van der Waals surface area contributed by atoms with Gasteiger partial charge in [-0.25, -0.2) is 13.8 Å². The number of pyridine rings is 1. The summed E-state index contributed by atoms with van der Waals surface area (Å²) in [6.07, 6.45) is -0.515. The first-order valence-electron chi connectivity index (χ1n) is 11.0. The van der Waals surface area contributed by atoms with Crippen LogP contribution in [0.25, 0.3) is 20.7 Å². The Morgan fingerprint density at radius 3 is 2.63 bits per heavy atom. The zero-order chi connectivity index (χ0) is 24.7. The molecule has 2 amide bonds. The number of nitrogens with one attached hydrogen (secondary N) is 1. The van der Waals surface area contributed by atoms with Crippen LogP contribution in [-0.4, -0.2) is 34.8 Å². The standard InChI is InChI=1S/C24H22F2N4O3S2/c1-12-4-7-17(34-12)14-10-15(21(25)26)28-24-18(14)19(20(35-24)22(27)31)29-23(32)16-6-5-13(33-16)11-30-8-2-3-9-30/h4-7,10,21H,2-3,8-9,11H2,1H3,(H2,27,31)(H,29,32). The number of aromatic nitrogens is 1. The maximum atomic E-state index is 13.6. The summed E-state index contributed by atoms with van der Waals surface area (Å²) in [4.78, 5) is 33.6. The maximum absolute atomic E-state index is 13.6. The molecule has 0 spiro atoms. The van der Waals surface area contributed by atoms with Gasteiger partial charge in [0.05, 0.1) is 12.2 Å². The summed E-state index contributed by atoms with van der Waals surface area (Å²) in [6.45, 7) is 4.50. The van der Waals surface area contributed by atoms with Gasteiger partial charge >= 0.3 is 0 Å². The number of amides is 2. The lowest BCUT2D eigenvalue weighted by Crippen LogP contribution is -2.18. The SMILES string of the molecule is Cc1ccc(-c2cc(C(F)F)nc3sc(C(N)=O)c(NC(=O)c4ccc(CN5CCCC5)o4)c23)s1. The smallest absolute Gasteiger partial charge is 0.291 e. The number of hydrogen-bond donors (Lipinski definition) is 2. The molecule has 0 radical (unpaired) electrons. The molecular formula is C24H22F2N4O3S2. The minimum absolute atomic E-state index is 0.0330. The van der Waals surface area contributed by atoms with Crippen molar-refractivity contribution in [1.82, 2.24) is 9.88 Å². The van der Waals surface area contributed by atoms with Crippen LogP contribution in [0, 0.1) is 6.92 Å². The Balaban J connectivity index is 1.56. The first-order chi connectivity index (χ1) is 16.8. The van der Waals surface area contributed by atoms with Gasteiger partial charge in [-0.3, -0.25) is 14.5 Å². The van der Waals surface area contributed by atoms with Crippen LogP contribution in [0.1, 0.15) is 55.8 Å². The highest BCUT2D eigenvalue weighted by Gasteiger charge is 2.26. The molecule has 4 aromatic heterocycles. The number of furan rings is 1. The molecule has 0 unspecified atom stereocenters. The number of likely N-dealkylation sites (tertiary alicyclic amines) is 1. The van der Waals surface area contributed by atoms with E-state index in [1.807, 2.05) is 19.1 Å². The van der Waals surface area contributed by atoms with Crippen LogP contribution < -0.4 is 11.1 Å². The molecular weight excluding hydrogens is 494 g/mol. The minimum Gasteiger partial charge on any atom is -0.455 e. The Morgan fingerprint density at radius 1 is 1.20 bits per heavy atom. The van der Waals surface area contributed by atoms with Crippen LogP contribution in [0.2, 0.25) is 0 Å². The molecule has 1 aliphatic rings. The number of thiophene rings is 2. The molecule has 1 aliphatic heterocycles. The predicted octanol–water partition coefficient (Wildman–Crippen LogP) is 5.81. The highest BCUT2D eigenvalue weighted by atomic mass is 32.1. The van der Waals surface area contributed by atoms with Crippen molar-refractivity contribution in [2.75, 3.05) is 18.4 Å². The average Bonchev–Trinajstić information content (AvgIpc) is 3.61. The van der Waals surface area contributed by atoms with Gasteiger partial charge < -0.3 is 15.5 Å². The largest absolute Gasteiger partial charge is 0.455 e. The van der Waals surface area contributed by atoms with Crippen LogP contribution in [0.3, 0.4) is 0 Å². The molecule has 4 aromatic rings. The number of fused-ring (bicyclic) bond motifs is 1. The lowest BCUT2D eigenvalue weighted by molar-refractivity contribution is 0.0993. The molecule has 0 bridgehead atoms. The fraction of sp³-hybridized carbons (Fsp3) is 0.292. The van der Waals surface area contributed by atoms with Gasteiger partial charge in [0.2, 0.25) is 0 Å². The summed E-state index contributed by atoms with van der Waals surface area (Å²) >= 11 is 2.29. The highest BCUT2D eigenvalue weighted by Crippen LogP contribution is 2.44. The minimum atomic E-state index is -2.80. The van der Waals surface area contributed by atoms with Crippen molar-refractivity contribution >= 4 is 50.4 Å². The van der Waals surface area contributed by atoms with E-state index in [4.69, 9.17) is 10.2 Å². The molecule has 5 rings (SSSR count). The number of carbonyl (C=O) groups is 2. The fourth-order valence-electron chi connectivity index (χ4n) is 4.22. The van der Waals surface area contributed by atoms with Crippen molar-refractivity contribution in [3.05, 3.63) is 57.3 Å². The third-order valence-corrected chi connectivity index (χ3v) is 7.97. The topological polar surface area (TPSA) is 101 Å². The molecule has 11 heteroatoms. The molecule has 0 aliphatic carbocycles. The van der Waals surface area contributed by atoms with Gasteiger partial charge in [-0.05, 0) is 63.2 Å². The molecule has 3 N–H and O–H groups in total. The monoisotopic (exact) mass is 516 g/mol. The van der Waals surface area contributed by atoms with Gasteiger partial charge in [-0.2, -0.15) is 0 Å². The van der Waals surface area contributed by atoms with Crippen LogP contribution >= 0.6 is 22.7 Å². The summed E-state index contributed by atoms with van der Waals surface area (Å²) in [5, 5.41) is 3.14. The second kappa shape index (κ2) is 9.48. The fourth-order valence-corrected chi connectivity index (χ4v) is 6.12. The van der Waals surface area contributed by atoms with Gasteiger partial charge in [0.15, 0.2) is 5.76 Å². The Kier molecular flexibility index (Phi) is 6.39. The van der Waals surface area contributed by atoms with Gasteiger partial charge in [0.1, 0.15) is 21.2 Å². The molecule has 0 atom stereocenters. The van der Waals surface area contributed by atoms with E-state index in [-0.39, 0.29) is 21.2 Å². The molecule has 0 saturated carbocycles. The molecule has 35 heavy (non-hydrogen) atoms. The van der Waals surface area contributed by atoms with Crippen LogP contribution in [0.4, 0.5) is 14.5 Å².